The van der Waals surface area contributed by atoms with Crippen LogP contribution in [-0.4, -0.2) is 34.2 Å². The van der Waals surface area contributed by atoms with Crippen LogP contribution in [0.25, 0.3) is 0 Å². The third-order valence-corrected chi connectivity index (χ3v) is 4.40. The molecule has 0 aliphatic heterocycles. The molecule has 126 valence electrons. The lowest BCUT2D eigenvalue weighted by atomic mass is 10.1. The topological polar surface area (TPSA) is 30.3 Å². The van der Waals surface area contributed by atoms with E-state index in [1.165, 1.54) is 11.1 Å². The van der Waals surface area contributed by atoms with E-state index < -0.39 is 0 Å². The first-order chi connectivity index (χ1) is 11.1. The molecule has 0 spiro atoms. The van der Waals surface area contributed by atoms with Crippen LogP contribution in [-0.2, 0) is 24.4 Å². The Morgan fingerprint density at radius 3 is 2.61 bits per heavy atom. The Kier molecular flexibility index (Phi) is 6.81. The van der Waals surface area contributed by atoms with Gasteiger partial charge in [-0.25, -0.2) is 4.98 Å². The average Bonchev–Trinajstić information content (AvgIpc) is 3.00. The third-order valence-electron chi connectivity index (χ3n) is 4.40. The number of aromatic nitrogens is 2. The molecule has 0 aliphatic rings. The minimum absolute atomic E-state index is 0.517. The Morgan fingerprint density at radius 1 is 1.22 bits per heavy atom. The van der Waals surface area contributed by atoms with E-state index in [4.69, 9.17) is 4.74 Å². The van der Waals surface area contributed by atoms with Crippen molar-refractivity contribution >= 4 is 0 Å². The molecule has 0 saturated heterocycles. The summed E-state index contributed by atoms with van der Waals surface area (Å²) in [5, 5.41) is 0. The van der Waals surface area contributed by atoms with Gasteiger partial charge in [-0.3, -0.25) is 4.90 Å². The predicted octanol–water partition coefficient (Wildman–Crippen LogP) is 3.64. The standard InChI is InChI=1S/C19H29N3O/c1-5-17(3)22(14-18-8-6-16(2)7-9-18)15-19-20-10-11-21(19)12-13-23-4/h6-11,17H,5,12-15H2,1-4H3. The molecule has 0 saturated carbocycles. The van der Waals surface area contributed by atoms with Gasteiger partial charge in [0.2, 0.25) is 0 Å². The smallest absolute Gasteiger partial charge is 0.122 e. The highest BCUT2D eigenvalue weighted by Gasteiger charge is 2.16. The van der Waals surface area contributed by atoms with E-state index in [2.05, 4.69) is 59.5 Å². The lowest BCUT2D eigenvalue weighted by Crippen LogP contribution is -2.33. The van der Waals surface area contributed by atoms with Gasteiger partial charge >= 0.3 is 0 Å². The summed E-state index contributed by atoms with van der Waals surface area (Å²) in [4.78, 5) is 7.04. The summed E-state index contributed by atoms with van der Waals surface area (Å²) in [7, 11) is 1.74. The second-order valence-corrected chi connectivity index (χ2v) is 6.18. The lowest BCUT2D eigenvalue weighted by Gasteiger charge is -2.28. The second-order valence-electron chi connectivity index (χ2n) is 6.18. The molecule has 0 fully saturated rings. The van der Waals surface area contributed by atoms with Gasteiger partial charge in [0.1, 0.15) is 5.82 Å². The van der Waals surface area contributed by atoms with Crippen LogP contribution in [0.5, 0.6) is 0 Å². The van der Waals surface area contributed by atoms with Crippen LogP contribution in [0.3, 0.4) is 0 Å². The maximum atomic E-state index is 5.19. The second kappa shape index (κ2) is 8.85. The Morgan fingerprint density at radius 2 is 1.96 bits per heavy atom. The molecule has 4 heteroatoms. The van der Waals surface area contributed by atoms with Crippen LogP contribution < -0.4 is 0 Å². The zero-order valence-electron chi connectivity index (χ0n) is 14.8. The van der Waals surface area contributed by atoms with Gasteiger partial charge in [0.15, 0.2) is 0 Å². The van der Waals surface area contributed by atoms with Crippen molar-refractivity contribution in [1.29, 1.82) is 0 Å². The van der Waals surface area contributed by atoms with Gasteiger partial charge in [-0.1, -0.05) is 36.8 Å². The zero-order valence-corrected chi connectivity index (χ0v) is 14.8. The fourth-order valence-corrected chi connectivity index (χ4v) is 2.62. The van der Waals surface area contributed by atoms with E-state index >= 15 is 0 Å². The highest BCUT2D eigenvalue weighted by Crippen LogP contribution is 2.15. The summed E-state index contributed by atoms with van der Waals surface area (Å²) in [6.07, 6.45) is 5.05. The summed E-state index contributed by atoms with van der Waals surface area (Å²) in [6, 6.07) is 9.33. The molecule has 2 aromatic rings. The van der Waals surface area contributed by atoms with Gasteiger partial charge < -0.3 is 9.30 Å². The molecule has 1 unspecified atom stereocenters. The van der Waals surface area contributed by atoms with Crippen molar-refractivity contribution in [2.24, 2.45) is 0 Å². The number of methoxy groups -OCH3 is 1. The van der Waals surface area contributed by atoms with Crippen LogP contribution in [0.1, 0.15) is 37.2 Å². The van der Waals surface area contributed by atoms with Crippen molar-refractivity contribution < 1.29 is 4.74 Å². The van der Waals surface area contributed by atoms with Gasteiger partial charge in [0.05, 0.1) is 13.2 Å². The van der Waals surface area contributed by atoms with Crippen molar-refractivity contribution in [2.75, 3.05) is 13.7 Å². The highest BCUT2D eigenvalue weighted by molar-refractivity contribution is 5.21. The molecule has 0 N–H and O–H groups in total. The number of rotatable bonds is 9. The largest absolute Gasteiger partial charge is 0.383 e. The van der Waals surface area contributed by atoms with Crippen LogP contribution in [0.2, 0.25) is 0 Å². The molecule has 4 nitrogen and oxygen atoms in total. The Bertz CT molecular complexity index is 577. The first kappa shape index (κ1) is 17.7. The summed E-state index contributed by atoms with van der Waals surface area (Å²) in [5.74, 6) is 1.11. The summed E-state index contributed by atoms with van der Waals surface area (Å²) in [6.45, 7) is 10.0. The molecule has 2 rings (SSSR count). The quantitative estimate of drug-likeness (QED) is 0.708. The van der Waals surface area contributed by atoms with Gasteiger partial charge in [0.25, 0.3) is 0 Å². The molecule has 0 bridgehead atoms. The van der Waals surface area contributed by atoms with E-state index in [1.807, 2.05) is 12.4 Å². The maximum absolute atomic E-state index is 5.19. The minimum atomic E-state index is 0.517. The van der Waals surface area contributed by atoms with Crippen molar-refractivity contribution in [2.45, 2.75) is 52.9 Å². The summed E-state index contributed by atoms with van der Waals surface area (Å²) < 4.78 is 7.38. The number of benzene rings is 1. The summed E-state index contributed by atoms with van der Waals surface area (Å²) >= 11 is 0. The van der Waals surface area contributed by atoms with E-state index in [-0.39, 0.29) is 0 Å². The number of nitrogens with zero attached hydrogens (tertiary/aromatic N) is 3. The molecule has 0 radical (unpaired) electrons. The Labute approximate surface area is 140 Å². The van der Waals surface area contributed by atoms with Gasteiger partial charge in [-0.05, 0) is 25.8 Å². The number of hydrogen-bond donors (Lipinski definition) is 0. The number of imidazole rings is 1. The van der Waals surface area contributed by atoms with Crippen molar-refractivity contribution in [1.82, 2.24) is 14.5 Å². The molecule has 23 heavy (non-hydrogen) atoms. The SMILES string of the molecule is CCC(C)N(Cc1ccc(C)cc1)Cc1nccn1CCOC. The molecular formula is C19H29N3O. The van der Waals surface area contributed by atoms with Gasteiger partial charge in [0, 0.05) is 38.6 Å². The predicted molar refractivity (Wildman–Crippen MR) is 94.3 cm³/mol. The molecule has 1 aromatic heterocycles. The molecule has 0 amide bonds. The zero-order chi connectivity index (χ0) is 16.7. The lowest BCUT2D eigenvalue weighted by molar-refractivity contribution is 0.168. The number of ether oxygens (including phenoxy) is 1. The van der Waals surface area contributed by atoms with Crippen LogP contribution in [0.15, 0.2) is 36.7 Å². The monoisotopic (exact) mass is 315 g/mol. The maximum Gasteiger partial charge on any atom is 0.122 e. The van der Waals surface area contributed by atoms with Crippen molar-refractivity contribution in [3.63, 3.8) is 0 Å². The fraction of sp³-hybridized carbons (Fsp3) is 0.526. The van der Waals surface area contributed by atoms with E-state index in [0.29, 0.717) is 12.6 Å². The first-order valence-electron chi connectivity index (χ1n) is 8.42. The molecule has 0 aliphatic carbocycles. The molecule has 1 aromatic carbocycles. The first-order valence-corrected chi connectivity index (χ1v) is 8.42. The van der Waals surface area contributed by atoms with Gasteiger partial charge in [-0.15, -0.1) is 0 Å². The summed E-state index contributed by atoms with van der Waals surface area (Å²) in [5.41, 5.74) is 2.66. The van der Waals surface area contributed by atoms with Crippen LogP contribution in [0.4, 0.5) is 0 Å². The average molecular weight is 315 g/mol. The molecule has 1 heterocycles. The third kappa shape index (κ3) is 5.19. The Balaban J connectivity index is 2.09. The van der Waals surface area contributed by atoms with Gasteiger partial charge in [-0.2, -0.15) is 0 Å². The fourth-order valence-electron chi connectivity index (χ4n) is 2.62. The van der Waals surface area contributed by atoms with Crippen LogP contribution in [0, 0.1) is 6.92 Å². The van der Waals surface area contributed by atoms with Crippen molar-refractivity contribution in [3.8, 4) is 0 Å². The normalized spacial score (nSPS) is 12.7. The van der Waals surface area contributed by atoms with Crippen molar-refractivity contribution in [3.05, 3.63) is 53.6 Å². The van der Waals surface area contributed by atoms with E-state index in [0.717, 1.165) is 31.9 Å². The van der Waals surface area contributed by atoms with Crippen LogP contribution >= 0.6 is 0 Å². The Hall–Kier alpha value is -1.65. The molecule has 1 atom stereocenters. The van der Waals surface area contributed by atoms with E-state index in [9.17, 15) is 0 Å². The molecular weight excluding hydrogens is 286 g/mol. The highest BCUT2D eigenvalue weighted by atomic mass is 16.5. The number of hydrogen-bond acceptors (Lipinski definition) is 3. The minimum Gasteiger partial charge on any atom is -0.383 e. The van der Waals surface area contributed by atoms with E-state index in [1.54, 1.807) is 7.11 Å². The number of aryl methyl sites for hydroxylation is 1.